The molecule has 0 heterocycles. The molecule has 118 valence electrons. The molecule has 0 saturated heterocycles. The summed E-state index contributed by atoms with van der Waals surface area (Å²) in [6.07, 6.45) is 5.08. The quantitative estimate of drug-likeness (QED) is 0.748. The van der Waals surface area contributed by atoms with E-state index in [1.807, 2.05) is 6.07 Å². The monoisotopic (exact) mass is 293 g/mol. The number of methoxy groups -OCH3 is 2. The lowest BCUT2D eigenvalue weighted by Crippen LogP contribution is -2.29. The second-order valence-corrected chi connectivity index (χ2v) is 5.58. The molecule has 0 spiro atoms. The summed E-state index contributed by atoms with van der Waals surface area (Å²) in [6.45, 7) is 2.43. The van der Waals surface area contributed by atoms with Gasteiger partial charge in [0.2, 0.25) is 0 Å². The summed E-state index contributed by atoms with van der Waals surface area (Å²) in [4.78, 5) is 0. The Bertz CT molecular complexity index is 411. The molecule has 21 heavy (non-hydrogen) atoms. The maximum Gasteiger partial charge on any atom is 0.120 e. The average Bonchev–Trinajstić information content (AvgIpc) is 2.52. The van der Waals surface area contributed by atoms with Crippen molar-refractivity contribution in [1.29, 1.82) is 0 Å². The summed E-state index contributed by atoms with van der Waals surface area (Å²) < 4.78 is 16.6. The Balaban J connectivity index is 1.82. The van der Waals surface area contributed by atoms with Gasteiger partial charge < -0.3 is 19.5 Å². The van der Waals surface area contributed by atoms with Gasteiger partial charge in [0.1, 0.15) is 11.9 Å². The van der Waals surface area contributed by atoms with Crippen molar-refractivity contribution in [3.8, 4) is 5.75 Å². The van der Waals surface area contributed by atoms with Crippen molar-refractivity contribution in [3.05, 3.63) is 29.8 Å². The van der Waals surface area contributed by atoms with Crippen LogP contribution < -0.4 is 10.1 Å². The molecule has 2 unspecified atom stereocenters. The van der Waals surface area contributed by atoms with E-state index in [4.69, 9.17) is 14.2 Å². The molecule has 1 aliphatic rings. The highest BCUT2D eigenvalue weighted by atomic mass is 16.5. The van der Waals surface area contributed by atoms with Crippen LogP contribution in [0.5, 0.6) is 5.75 Å². The molecule has 1 aliphatic carbocycles. The van der Waals surface area contributed by atoms with Crippen LogP contribution in [0.4, 0.5) is 0 Å². The van der Waals surface area contributed by atoms with Gasteiger partial charge in [-0.2, -0.15) is 0 Å². The number of ether oxygens (including phenoxy) is 3. The van der Waals surface area contributed by atoms with Crippen LogP contribution in [0.2, 0.25) is 0 Å². The SMILES string of the molecule is COCCNCc1cccc(OC2CCCC(OC)C2)c1. The second-order valence-electron chi connectivity index (χ2n) is 5.58. The number of hydrogen-bond donors (Lipinski definition) is 1. The summed E-state index contributed by atoms with van der Waals surface area (Å²) in [5.41, 5.74) is 1.24. The third-order valence-electron chi connectivity index (χ3n) is 3.92. The minimum Gasteiger partial charge on any atom is -0.490 e. The van der Waals surface area contributed by atoms with Crippen molar-refractivity contribution in [2.24, 2.45) is 0 Å². The molecule has 1 N–H and O–H groups in total. The Kier molecular flexibility index (Phi) is 7.00. The summed E-state index contributed by atoms with van der Waals surface area (Å²) in [5.74, 6) is 0.961. The van der Waals surface area contributed by atoms with E-state index in [2.05, 4.69) is 23.5 Å². The maximum absolute atomic E-state index is 6.12. The van der Waals surface area contributed by atoms with Gasteiger partial charge in [0, 0.05) is 33.7 Å². The Hall–Kier alpha value is -1.10. The largest absolute Gasteiger partial charge is 0.490 e. The summed E-state index contributed by atoms with van der Waals surface area (Å²) in [7, 11) is 3.51. The van der Waals surface area contributed by atoms with E-state index < -0.39 is 0 Å². The molecule has 4 heteroatoms. The molecule has 0 bridgehead atoms. The molecule has 0 radical (unpaired) electrons. The van der Waals surface area contributed by atoms with E-state index in [1.165, 1.54) is 12.0 Å². The van der Waals surface area contributed by atoms with Gasteiger partial charge in [-0.1, -0.05) is 12.1 Å². The molecular formula is C17H27NO3. The van der Waals surface area contributed by atoms with Crippen molar-refractivity contribution in [3.63, 3.8) is 0 Å². The molecule has 1 fully saturated rings. The number of rotatable bonds is 8. The fraction of sp³-hybridized carbons (Fsp3) is 0.647. The van der Waals surface area contributed by atoms with Gasteiger partial charge in [-0.15, -0.1) is 0 Å². The fourth-order valence-corrected chi connectivity index (χ4v) is 2.75. The minimum atomic E-state index is 0.278. The smallest absolute Gasteiger partial charge is 0.120 e. The molecule has 4 nitrogen and oxygen atoms in total. The molecule has 1 aromatic carbocycles. The predicted octanol–water partition coefficient (Wildman–Crippen LogP) is 2.76. The van der Waals surface area contributed by atoms with E-state index in [0.29, 0.717) is 6.10 Å². The van der Waals surface area contributed by atoms with E-state index in [1.54, 1.807) is 14.2 Å². The molecule has 1 saturated carbocycles. The number of nitrogens with one attached hydrogen (secondary N) is 1. The Morgan fingerprint density at radius 2 is 2.05 bits per heavy atom. The molecule has 2 atom stereocenters. The second kappa shape index (κ2) is 9.03. The molecule has 0 aliphatic heterocycles. The molecule has 0 amide bonds. The van der Waals surface area contributed by atoms with Crippen molar-refractivity contribution in [2.75, 3.05) is 27.4 Å². The van der Waals surface area contributed by atoms with Gasteiger partial charge in [-0.3, -0.25) is 0 Å². The zero-order valence-corrected chi connectivity index (χ0v) is 13.1. The summed E-state index contributed by atoms with van der Waals surface area (Å²) in [6, 6.07) is 8.33. The first kappa shape index (κ1) is 16.3. The highest BCUT2D eigenvalue weighted by Gasteiger charge is 2.22. The first-order chi connectivity index (χ1) is 10.3. The topological polar surface area (TPSA) is 39.7 Å². The van der Waals surface area contributed by atoms with Gasteiger partial charge in [-0.25, -0.2) is 0 Å². The van der Waals surface area contributed by atoms with Gasteiger partial charge in [0.15, 0.2) is 0 Å². The van der Waals surface area contributed by atoms with E-state index in [9.17, 15) is 0 Å². The lowest BCUT2D eigenvalue weighted by atomic mass is 9.95. The molecule has 2 rings (SSSR count). The van der Waals surface area contributed by atoms with Crippen LogP contribution in [0.25, 0.3) is 0 Å². The highest BCUT2D eigenvalue weighted by molar-refractivity contribution is 5.28. The van der Waals surface area contributed by atoms with E-state index in [-0.39, 0.29) is 6.10 Å². The van der Waals surface area contributed by atoms with Crippen molar-refractivity contribution >= 4 is 0 Å². The van der Waals surface area contributed by atoms with Gasteiger partial charge >= 0.3 is 0 Å². The molecule has 0 aromatic heterocycles. The first-order valence-electron chi connectivity index (χ1n) is 7.80. The Labute approximate surface area is 127 Å². The van der Waals surface area contributed by atoms with Crippen molar-refractivity contribution in [1.82, 2.24) is 5.32 Å². The van der Waals surface area contributed by atoms with Gasteiger partial charge in [0.05, 0.1) is 12.7 Å². The van der Waals surface area contributed by atoms with Gasteiger partial charge in [0.25, 0.3) is 0 Å². The van der Waals surface area contributed by atoms with Crippen LogP contribution in [-0.4, -0.2) is 39.6 Å². The van der Waals surface area contributed by atoms with Crippen LogP contribution in [0, 0.1) is 0 Å². The third-order valence-corrected chi connectivity index (χ3v) is 3.92. The van der Waals surface area contributed by atoms with Crippen LogP contribution in [-0.2, 0) is 16.0 Å². The predicted molar refractivity (Wildman–Crippen MR) is 83.7 cm³/mol. The molecular weight excluding hydrogens is 266 g/mol. The van der Waals surface area contributed by atoms with Crippen LogP contribution in [0.15, 0.2) is 24.3 Å². The minimum absolute atomic E-state index is 0.278. The highest BCUT2D eigenvalue weighted by Crippen LogP contribution is 2.25. The zero-order chi connectivity index (χ0) is 14.9. The van der Waals surface area contributed by atoms with E-state index >= 15 is 0 Å². The summed E-state index contributed by atoms with van der Waals surface area (Å²) >= 11 is 0. The van der Waals surface area contributed by atoms with Crippen LogP contribution in [0.1, 0.15) is 31.2 Å². The number of hydrogen-bond acceptors (Lipinski definition) is 4. The Morgan fingerprint density at radius 1 is 1.19 bits per heavy atom. The van der Waals surface area contributed by atoms with Crippen molar-refractivity contribution < 1.29 is 14.2 Å². The zero-order valence-electron chi connectivity index (χ0n) is 13.1. The molecule has 1 aromatic rings. The Morgan fingerprint density at radius 3 is 2.86 bits per heavy atom. The first-order valence-corrected chi connectivity index (χ1v) is 7.80. The fourth-order valence-electron chi connectivity index (χ4n) is 2.75. The van der Waals surface area contributed by atoms with Gasteiger partial charge in [-0.05, 0) is 37.0 Å². The average molecular weight is 293 g/mol. The van der Waals surface area contributed by atoms with E-state index in [0.717, 1.165) is 44.7 Å². The standard InChI is InChI=1S/C17H27NO3/c1-19-10-9-18-13-14-5-3-7-16(11-14)21-17-8-4-6-15(12-17)20-2/h3,5,7,11,15,17-18H,4,6,8-10,12-13H2,1-2H3. The van der Waals surface area contributed by atoms with Crippen LogP contribution in [0.3, 0.4) is 0 Å². The van der Waals surface area contributed by atoms with Crippen LogP contribution >= 0.6 is 0 Å². The normalized spacial score (nSPS) is 22.2. The lowest BCUT2D eigenvalue weighted by Gasteiger charge is -2.28. The maximum atomic E-state index is 6.12. The number of benzene rings is 1. The summed E-state index contributed by atoms with van der Waals surface area (Å²) in [5, 5.41) is 3.35. The lowest BCUT2D eigenvalue weighted by molar-refractivity contribution is 0.0209. The third kappa shape index (κ3) is 5.65. The van der Waals surface area contributed by atoms with Crippen molar-refractivity contribution in [2.45, 2.75) is 44.4 Å².